The second-order valence-corrected chi connectivity index (χ2v) is 12.6. The molecule has 0 N–H and O–H groups in total. The van der Waals surface area contributed by atoms with Crippen LogP contribution in [0.4, 0.5) is 0 Å². The molecule has 2 fully saturated rings. The molecule has 1 aromatic rings. The molecule has 0 aromatic carbocycles. The number of hydrogen-bond donors (Lipinski definition) is 0. The van der Waals surface area contributed by atoms with Gasteiger partial charge in [0.1, 0.15) is 18.5 Å². The molecule has 1 spiro atoms. The van der Waals surface area contributed by atoms with E-state index in [1.807, 2.05) is 11.1 Å². The van der Waals surface area contributed by atoms with Gasteiger partial charge in [-0.1, -0.05) is 20.3 Å². The molecule has 1 atom stereocenters. The first-order valence-corrected chi connectivity index (χ1v) is 15.5. The SMILES string of the molecule is CC(=O)N(C)CCC[C@H]1C(=O)N(C)CCCCC2(CCN(C(=O)CCn3ccnc3C(C)C)CC2)COCC(=O)N1C. The minimum Gasteiger partial charge on any atom is -0.371 e. The van der Waals surface area contributed by atoms with Crippen LogP contribution in [0.3, 0.4) is 0 Å². The number of rotatable bonds is 8. The smallest absolute Gasteiger partial charge is 0.248 e. The molecule has 0 aliphatic carbocycles. The predicted molar refractivity (Wildman–Crippen MR) is 161 cm³/mol. The lowest BCUT2D eigenvalue weighted by Gasteiger charge is -2.42. The number of amides is 4. The highest BCUT2D eigenvalue weighted by Gasteiger charge is 2.37. The number of aryl methyl sites for hydroxylation is 1. The number of imidazole rings is 1. The third kappa shape index (κ3) is 9.02. The van der Waals surface area contributed by atoms with Crippen molar-refractivity contribution in [3.63, 3.8) is 0 Å². The summed E-state index contributed by atoms with van der Waals surface area (Å²) in [5.41, 5.74) is -0.0852. The van der Waals surface area contributed by atoms with Crippen molar-refractivity contribution in [2.24, 2.45) is 5.41 Å². The fourth-order valence-electron chi connectivity index (χ4n) is 6.09. The van der Waals surface area contributed by atoms with E-state index >= 15 is 0 Å². The maximum atomic E-state index is 13.4. The lowest BCUT2D eigenvalue weighted by atomic mass is 9.75. The second-order valence-electron chi connectivity index (χ2n) is 12.6. The molecule has 0 saturated carbocycles. The predicted octanol–water partition coefficient (Wildman–Crippen LogP) is 2.75. The Bertz CT molecular complexity index is 1060. The maximum Gasteiger partial charge on any atom is 0.248 e. The van der Waals surface area contributed by atoms with Crippen LogP contribution in [0, 0.1) is 5.41 Å². The standard InChI is InChI=1S/C31H52N6O5/c1-24(2)29-32-15-21-37(29)18-11-27(39)36-19-13-31(14-20-36)12-7-8-16-34(5)30(41)26(10-9-17-33(4)25(3)38)35(6)28(40)22-42-23-31/h15,21,24,26H,7-14,16-20,22-23H2,1-6H3/t26-/m0/s1. The fourth-order valence-corrected chi connectivity index (χ4v) is 6.09. The maximum absolute atomic E-state index is 13.4. The number of carbonyl (C=O) groups is 4. The molecule has 0 unspecified atom stereocenters. The lowest BCUT2D eigenvalue weighted by molar-refractivity contribution is -0.147. The van der Waals surface area contributed by atoms with Crippen LogP contribution in [-0.4, -0.2) is 119 Å². The molecule has 1 aromatic heterocycles. The Balaban J connectivity index is 1.57. The minimum atomic E-state index is -0.589. The zero-order valence-corrected chi connectivity index (χ0v) is 26.6. The first-order chi connectivity index (χ1) is 19.9. The molecule has 3 rings (SSSR count). The highest BCUT2D eigenvalue weighted by molar-refractivity contribution is 5.88. The highest BCUT2D eigenvalue weighted by Crippen LogP contribution is 2.37. The van der Waals surface area contributed by atoms with Gasteiger partial charge in [-0.25, -0.2) is 4.98 Å². The average molecular weight is 589 g/mol. The Hall–Kier alpha value is -2.95. The van der Waals surface area contributed by atoms with Gasteiger partial charge in [-0.15, -0.1) is 0 Å². The molecule has 11 nitrogen and oxygen atoms in total. The number of likely N-dealkylation sites (N-methyl/N-ethyl adjacent to an activating group) is 2. The first-order valence-electron chi connectivity index (χ1n) is 15.5. The summed E-state index contributed by atoms with van der Waals surface area (Å²) in [6.07, 6.45) is 9.73. The van der Waals surface area contributed by atoms with Crippen molar-refractivity contribution in [3.05, 3.63) is 18.2 Å². The number of aromatic nitrogens is 2. The Morgan fingerprint density at radius 2 is 1.83 bits per heavy atom. The van der Waals surface area contributed by atoms with E-state index in [2.05, 4.69) is 23.4 Å². The summed E-state index contributed by atoms with van der Waals surface area (Å²) in [5, 5.41) is 0. The molecule has 0 bridgehead atoms. The van der Waals surface area contributed by atoms with Crippen LogP contribution in [0.2, 0.25) is 0 Å². The molecule has 42 heavy (non-hydrogen) atoms. The third-order valence-electron chi connectivity index (χ3n) is 9.12. The van der Waals surface area contributed by atoms with Crippen molar-refractivity contribution in [1.29, 1.82) is 0 Å². The topological polar surface area (TPSA) is 108 Å². The molecule has 2 aliphatic heterocycles. The summed E-state index contributed by atoms with van der Waals surface area (Å²) in [7, 11) is 5.22. The van der Waals surface area contributed by atoms with Crippen molar-refractivity contribution < 1.29 is 23.9 Å². The van der Waals surface area contributed by atoms with E-state index in [0.29, 0.717) is 64.5 Å². The molecule has 0 radical (unpaired) electrons. The second kappa shape index (κ2) is 15.5. The van der Waals surface area contributed by atoms with Crippen LogP contribution >= 0.6 is 0 Å². The Morgan fingerprint density at radius 3 is 2.50 bits per heavy atom. The van der Waals surface area contributed by atoms with Crippen molar-refractivity contribution in [3.8, 4) is 0 Å². The van der Waals surface area contributed by atoms with Gasteiger partial charge in [-0.2, -0.15) is 0 Å². The van der Waals surface area contributed by atoms with Gasteiger partial charge in [0.25, 0.3) is 0 Å². The van der Waals surface area contributed by atoms with E-state index in [-0.39, 0.29) is 35.7 Å². The number of nitrogens with zero attached hydrogens (tertiary/aromatic N) is 6. The van der Waals surface area contributed by atoms with Crippen LogP contribution in [0.5, 0.6) is 0 Å². The molecular formula is C31H52N6O5. The van der Waals surface area contributed by atoms with E-state index in [4.69, 9.17) is 4.74 Å². The lowest BCUT2D eigenvalue weighted by Crippen LogP contribution is -2.49. The summed E-state index contributed by atoms with van der Waals surface area (Å²) in [5.74, 6) is 1.16. The quantitative estimate of drug-likeness (QED) is 0.462. The largest absolute Gasteiger partial charge is 0.371 e. The van der Waals surface area contributed by atoms with Gasteiger partial charge in [-0.3, -0.25) is 19.2 Å². The van der Waals surface area contributed by atoms with Crippen molar-refractivity contribution in [2.45, 2.75) is 90.6 Å². The van der Waals surface area contributed by atoms with Crippen molar-refractivity contribution in [1.82, 2.24) is 29.2 Å². The number of likely N-dealkylation sites (tertiary alicyclic amines) is 1. The molecule has 236 valence electrons. The van der Waals surface area contributed by atoms with Gasteiger partial charge < -0.3 is 28.9 Å². The van der Waals surface area contributed by atoms with E-state index in [0.717, 1.165) is 37.9 Å². The average Bonchev–Trinajstić information content (AvgIpc) is 3.44. The Morgan fingerprint density at radius 1 is 1.12 bits per heavy atom. The van der Waals surface area contributed by atoms with Crippen LogP contribution in [0.25, 0.3) is 0 Å². The van der Waals surface area contributed by atoms with E-state index in [1.165, 1.54) is 11.8 Å². The molecule has 3 heterocycles. The Kier molecular flexibility index (Phi) is 12.4. The summed E-state index contributed by atoms with van der Waals surface area (Å²) in [6.45, 7) is 9.29. The van der Waals surface area contributed by atoms with Crippen molar-refractivity contribution >= 4 is 23.6 Å². The van der Waals surface area contributed by atoms with Crippen LogP contribution in [-0.2, 0) is 30.5 Å². The molecule has 2 saturated heterocycles. The zero-order chi connectivity index (χ0) is 30.9. The van der Waals surface area contributed by atoms with E-state index < -0.39 is 6.04 Å². The summed E-state index contributed by atoms with van der Waals surface area (Å²) >= 11 is 0. The Labute approximate surface area is 251 Å². The van der Waals surface area contributed by atoms with Gasteiger partial charge in [0.15, 0.2) is 0 Å². The number of hydrogen-bond acceptors (Lipinski definition) is 6. The molecular weight excluding hydrogens is 536 g/mol. The van der Waals surface area contributed by atoms with Gasteiger partial charge in [0, 0.05) is 85.5 Å². The van der Waals surface area contributed by atoms with Crippen LogP contribution in [0.1, 0.15) is 83.9 Å². The van der Waals surface area contributed by atoms with Gasteiger partial charge >= 0.3 is 0 Å². The normalized spacial score (nSPS) is 20.8. The number of ether oxygens (including phenoxy) is 1. The third-order valence-corrected chi connectivity index (χ3v) is 9.12. The molecule has 11 heteroatoms. The van der Waals surface area contributed by atoms with Crippen molar-refractivity contribution in [2.75, 3.05) is 60.5 Å². The van der Waals surface area contributed by atoms with E-state index in [9.17, 15) is 19.2 Å². The van der Waals surface area contributed by atoms with Gasteiger partial charge in [0.05, 0.1) is 6.61 Å². The highest BCUT2D eigenvalue weighted by atomic mass is 16.5. The summed E-state index contributed by atoms with van der Waals surface area (Å²) in [4.78, 5) is 62.4. The van der Waals surface area contributed by atoms with Gasteiger partial charge in [-0.05, 0) is 43.9 Å². The zero-order valence-electron chi connectivity index (χ0n) is 26.6. The van der Waals surface area contributed by atoms with E-state index in [1.54, 1.807) is 37.1 Å². The summed E-state index contributed by atoms with van der Waals surface area (Å²) < 4.78 is 8.12. The van der Waals surface area contributed by atoms with Crippen LogP contribution < -0.4 is 0 Å². The number of carbonyl (C=O) groups excluding carboxylic acids is 4. The molecule has 4 amide bonds. The van der Waals surface area contributed by atoms with Crippen LogP contribution in [0.15, 0.2) is 12.4 Å². The first kappa shape index (κ1) is 33.6. The summed E-state index contributed by atoms with van der Waals surface area (Å²) in [6, 6.07) is -0.589. The fraction of sp³-hybridized carbons (Fsp3) is 0.774. The van der Waals surface area contributed by atoms with Gasteiger partial charge in [0.2, 0.25) is 23.6 Å². The monoisotopic (exact) mass is 588 g/mol. The minimum absolute atomic E-state index is 0.0231. The molecule has 2 aliphatic rings. The number of piperidine rings is 1.